The number of benzene rings is 1. The molecule has 3 amide bonds. The van der Waals surface area contributed by atoms with E-state index in [1.165, 1.54) is 5.01 Å². The average Bonchev–Trinajstić information content (AvgIpc) is 2.98. The number of fused-ring (bicyclic) bond motifs is 1. The van der Waals surface area contributed by atoms with Crippen molar-refractivity contribution in [2.24, 2.45) is 11.8 Å². The second kappa shape index (κ2) is 14.7. The van der Waals surface area contributed by atoms with Crippen LogP contribution in [-0.4, -0.2) is 58.4 Å². The molecule has 0 spiro atoms. The number of hydrogen-bond donors (Lipinski definition) is 3. The molecule has 3 rings (SSSR count). The first-order valence-corrected chi connectivity index (χ1v) is 14.5. The number of allylic oxidation sites excluding steroid dienone is 1. The van der Waals surface area contributed by atoms with Gasteiger partial charge in [-0.2, -0.15) is 0 Å². The molecule has 2 heterocycles. The zero-order chi connectivity index (χ0) is 31.0. The van der Waals surface area contributed by atoms with Crippen LogP contribution in [0.1, 0.15) is 71.2 Å². The largest absolute Gasteiger partial charge is 0.457 e. The molecule has 1 aliphatic heterocycles. The molecule has 1 aromatic carbocycles. The lowest BCUT2D eigenvalue weighted by Crippen LogP contribution is -2.61. The van der Waals surface area contributed by atoms with Crippen LogP contribution in [0.2, 0.25) is 0 Å². The first-order valence-electron chi connectivity index (χ1n) is 14.5. The van der Waals surface area contributed by atoms with Gasteiger partial charge in [0.15, 0.2) is 0 Å². The fraction of sp³-hybridized carbons (Fsp3) is 0.469. The highest BCUT2D eigenvalue weighted by Crippen LogP contribution is 2.24. The van der Waals surface area contributed by atoms with Gasteiger partial charge in [0.05, 0.1) is 5.69 Å². The predicted octanol–water partition coefficient (Wildman–Crippen LogP) is 3.84. The van der Waals surface area contributed by atoms with E-state index in [0.717, 1.165) is 22.0 Å². The van der Waals surface area contributed by atoms with E-state index in [-0.39, 0.29) is 23.7 Å². The van der Waals surface area contributed by atoms with Gasteiger partial charge in [-0.15, -0.1) is 6.58 Å². The third-order valence-electron chi connectivity index (χ3n) is 7.42. The molecule has 5 atom stereocenters. The minimum Gasteiger partial charge on any atom is -0.457 e. The zero-order valence-corrected chi connectivity index (χ0v) is 25.2. The Morgan fingerprint density at radius 3 is 2.48 bits per heavy atom. The van der Waals surface area contributed by atoms with Gasteiger partial charge in [-0.25, -0.2) is 5.43 Å². The lowest BCUT2D eigenvalue weighted by molar-refractivity contribution is -0.157. The number of carbonyl (C=O) groups excluding carboxylic acids is 4. The molecule has 1 saturated heterocycles. The molecular weight excluding hydrogens is 534 g/mol. The minimum atomic E-state index is -0.880. The Morgan fingerprint density at radius 1 is 1.07 bits per heavy atom. The predicted molar refractivity (Wildman–Crippen MR) is 163 cm³/mol. The molecule has 0 radical (unpaired) electrons. The maximum atomic E-state index is 13.2. The summed E-state index contributed by atoms with van der Waals surface area (Å²) in [6.07, 6.45) is 6.19. The van der Waals surface area contributed by atoms with Gasteiger partial charge in [-0.1, -0.05) is 45.6 Å². The Bertz CT molecular complexity index is 1330. The van der Waals surface area contributed by atoms with E-state index >= 15 is 0 Å². The molecule has 2 unspecified atom stereocenters. The van der Waals surface area contributed by atoms with Crippen LogP contribution in [0, 0.1) is 11.8 Å². The van der Waals surface area contributed by atoms with Crippen molar-refractivity contribution in [2.75, 3.05) is 6.54 Å². The summed E-state index contributed by atoms with van der Waals surface area (Å²) in [4.78, 5) is 56.1. The van der Waals surface area contributed by atoms with Crippen LogP contribution in [0.3, 0.4) is 0 Å². The highest BCUT2D eigenvalue weighted by Gasteiger charge is 2.34. The van der Waals surface area contributed by atoms with Crippen LogP contribution >= 0.6 is 0 Å². The van der Waals surface area contributed by atoms with E-state index < -0.39 is 36.1 Å². The molecule has 10 nitrogen and oxygen atoms in total. The Hall–Kier alpha value is -4.05. The van der Waals surface area contributed by atoms with Crippen molar-refractivity contribution in [2.45, 2.75) is 78.1 Å². The molecule has 1 aliphatic rings. The van der Waals surface area contributed by atoms with Crippen molar-refractivity contribution in [1.29, 1.82) is 0 Å². The maximum Gasteiger partial charge on any atom is 0.325 e. The van der Waals surface area contributed by atoms with Crippen LogP contribution in [-0.2, 0) is 23.9 Å². The summed E-state index contributed by atoms with van der Waals surface area (Å²) < 4.78 is 5.77. The topological polar surface area (TPSA) is 130 Å². The normalized spacial score (nSPS) is 18.0. The van der Waals surface area contributed by atoms with Gasteiger partial charge in [-0.05, 0) is 68.2 Å². The van der Waals surface area contributed by atoms with Crippen molar-refractivity contribution in [3.8, 4) is 0 Å². The second-order valence-electron chi connectivity index (χ2n) is 11.2. The smallest absolute Gasteiger partial charge is 0.325 e. The third kappa shape index (κ3) is 8.25. The van der Waals surface area contributed by atoms with Gasteiger partial charge < -0.3 is 15.4 Å². The summed E-state index contributed by atoms with van der Waals surface area (Å²) in [5.41, 5.74) is 4.58. The fourth-order valence-electron chi connectivity index (χ4n) is 4.77. The van der Waals surface area contributed by atoms with Crippen molar-refractivity contribution in [1.82, 2.24) is 26.1 Å². The molecule has 1 fully saturated rings. The molecular formula is C32H43N5O5. The number of aromatic nitrogens is 1. The fourth-order valence-corrected chi connectivity index (χ4v) is 4.77. The summed E-state index contributed by atoms with van der Waals surface area (Å²) in [6, 6.07) is 5.33. The molecule has 0 aliphatic carbocycles. The first-order chi connectivity index (χ1) is 19.9. The van der Waals surface area contributed by atoms with Gasteiger partial charge >= 0.3 is 5.97 Å². The van der Waals surface area contributed by atoms with Gasteiger partial charge in [0.2, 0.25) is 11.8 Å². The number of hydrazine groups is 1. The number of carbonyl (C=O) groups is 4. The van der Waals surface area contributed by atoms with E-state index in [1.807, 2.05) is 38.1 Å². The number of rotatable bonds is 12. The van der Waals surface area contributed by atoms with Gasteiger partial charge in [0.1, 0.15) is 24.2 Å². The lowest BCUT2D eigenvalue weighted by Gasteiger charge is -2.35. The third-order valence-corrected chi connectivity index (χ3v) is 7.42. The summed E-state index contributed by atoms with van der Waals surface area (Å²) in [7, 11) is 0. The van der Waals surface area contributed by atoms with E-state index in [9.17, 15) is 19.2 Å². The number of ether oxygens (including phenoxy) is 1. The molecule has 2 aromatic rings. The monoisotopic (exact) mass is 577 g/mol. The average molecular weight is 578 g/mol. The van der Waals surface area contributed by atoms with Crippen LogP contribution in [0.4, 0.5) is 0 Å². The van der Waals surface area contributed by atoms with Crippen LogP contribution in [0.25, 0.3) is 16.8 Å². The highest BCUT2D eigenvalue weighted by atomic mass is 16.5. The van der Waals surface area contributed by atoms with Gasteiger partial charge in [0.25, 0.3) is 5.91 Å². The summed E-state index contributed by atoms with van der Waals surface area (Å²) in [6.45, 7) is 16.6. The minimum absolute atomic E-state index is 0.190. The zero-order valence-electron chi connectivity index (χ0n) is 25.2. The highest BCUT2D eigenvalue weighted by molar-refractivity contribution is 5.92. The SMILES string of the molecule is C=CCC(C)C(=O)N[C@H](C(=O)N[C@@H](C)C(=O)N1CCCC(C(=O)O[C@H](C)c2ccc3cnc(C=C)cc3c2)N1)C(C)C. The summed E-state index contributed by atoms with van der Waals surface area (Å²) in [5, 5.41) is 8.81. The van der Waals surface area contributed by atoms with E-state index in [1.54, 1.807) is 39.1 Å². The van der Waals surface area contributed by atoms with E-state index in [0.29, 0.717) is 25.8 Å². The summed E-state index contributed by atoms with van der Waals surface area (Å²) in [5.74, 6) is -2.06. The molecule has 42 heavy (non-hydrogen) atoms. The molecule has 3 N–H and O–H groups in total. The Balaban J connectivity index is 1.59. The van der Waals surface area contributed by atoms with Crippen LogP contribution < -0.4 is 16.1 Å². The number of pyridine rings is 1. The Kier molecular flexibility index (Phi) is 11.4. The quantitative estimate of drug-likeness (QED) is 0.258. The van der Waals surface area contributed by atoms with Crippen molar-refractivity contribution in [3.05, 3.63) is 61.0 Å². The number of esters is 1. The molecule has 1 aromatic heterocycles. The first kappa shape index (κ1) is 32.5. The van der Waals surface area contributed by atoms with Crippen LogP contribution in [0.5, 0.6) is 0 Å². The lowest BCUT2D eigenvalue weighted by atomic mass is 10.0. The summed E-state index contributed by atoms with van der Waals surface area (Å²) >= 11 is 0. The van der Waals surface area contributed by atoms with Crippen molar-refractivity contribution >= 4 is 40.5 Å². The maximum absolute atomic E-state index is 13.2. The van der Waals surface area contributed by atoms with Crippen molar-refractivity contribution < 1.29 is 23.9 Å². The number of nitrogens with one attached hydrogen (secondary N) is 3. The van der Waals surface area contributed by atoms with Gasteiger partial charge in [-0.3, -0.25) is 29.2 Å². The van der Waals surface area contributed by atoms with E-state index in [4.69, 9.17) is 4.74 Å². The molecule has 0 bridgehead atoms. The number of amides is 3. The second-order valence-corrected chi connectivity index (χ2v) is 11.2. The Morgan fingerprint density at radius 2 is 1.81 bits per heavy atom. The Labute approximate surface area is 247 Å². The molecule has 0 saturated carbocycles. The molecule has 226 valence electrons. The number of hydrogen-bond acceptors (Lipinski definition) is 7. The number of nitrogens with zero attached hydrogens (tertiary/aromatic N) is 2. The molecule has 10 heteroatoms. The van der Waals surface area contributed by atoms with E-state index in [2.05, 4.69) is 34.2 Å². The van der Waals surface area contributed by atoms with Crippen molar-refractivity contribution in [3.63, 3.8) is 0 Å². The standard InChI is InChI=1S/C32H43N5O5/c1-8-11-20(5)29(38)35-28(19(3)4)30(39)34-21(6)31(40)37-15-10-12-27(36-37)32(41)42-22(7)23-13-14-24-18-33-26(9-2)17-25(24)16-23/h8-9,13-14,16-22,27-28,36H,1-2,10-12,15H2,3-7H3,(H,34,39)(H,35,38)/t20?,21-,22+,27?,28-/m0/s1. The van der Waals surface area contributed by atoms with Gasteiger partial charge in [0, 0.05) is 24.0 Å². The van der Waals surface area contributed by atoms with Crippen LogP contribution in [0.15, 0.2) is 49.7 Å².